The van der Waals surface area contributed by atoms with Gasteiger partial charge < -0.3 is 5.11 Å². The first-order valence-corrected chi connectivity index (χ1v) is 4.99. The lowest BCUT2D eigenvalue weighted by molar-refractivity contribution is 0.285. The molecule has 1 aromatic rings. The Hall–Kier alpha value is -1.26. The Balaban J connectivity index is 2.43. The zero-order valence-corrected chi connectivity index (χ0v) is 8.59. The van der Waals surface area contributed by atoms with Crippen molar-refractivity contribution in [2.45, 2.75) is 26.2 Å². The van der Waals surface area contributed by atoms with Crippen LogP contribution in [0.2, 0.25) is 0 Å². The maximum absolute atomic E-state index is 8.57. The minimum absolute atomic E-state index is 0.270. The van der Waals surface area contributed by atoms with E-state index in [2.05, 4.69) is 30.9 Å². The lowest BCUT2D eigenvalue weighted by Gasteiger charge is -1.92. The van der Waals surface area contributed by atoms with Crippen molar-refractivity contribution >= 4 is 0 Å². The number of aliphatic hydroxyl groups excluding tert-OH is 1. The van der Waals surface area contributed by atoms with E-state index in [1.807, 2.05) is 12.1 Å². The number of unbranched alkanes of at least 4 members (excludes halogenated alkanes) is 2. The fourth-order valence-electron chi connectivity index (χ4n) is 1.21. The lowest BCUT2D eigenvalue weighted by Crippen LogP contribution is -1.81. The predicted molar refractivity (Wildman–Crippen MR) is 59.0 cm³/mol. The Morgan fingerprint density at radius 2 is 2.14 bits per heavy atom. The van der Waals surface area contributed by atoms with E-state index in [-0.39, 0.29) is 6.61 Å². The van der Waals surface area contributed by atoms with Gasteiger partial charge in [-0.25, -0.2) is 0 Å². The third kappa shape index (κ3) is 4.11. The van der Waals surface area contributed by atoms with E-state index in [0.29, 0.717) is 0 Å². The molecule has 1 rings (SSSR count). The molecule has 0 fully saturated rings. The molecule has 0 saturated heterocycles. The molecule has 1 N–H and O–H groups in total. The SMILES string of the molecule is Cc1cccc(C#CCCCCO)c1. The lowest BCUT2D eigenvalue weighted by atomic mass is 10.1. The van der Waals surface area contributed by atoms with Crippen molar-refractivity contribution in [2.75, 3.05) is 6.61 Å². The fraction of sp³-hybridized carbons (Fsp3) is 0.385. The first-order valence-electron chi connectivity index (χ1n) is 4.99. The largest absolute Gasteiger partial charge is 0.396 e. The molecule has 14 heavy (non-hydrogen) atoms. The molecule has 0 spiro atoms. The average molecular weight is 188 g/mol. The van der Waals surface area contributed by atoms with Crippen LogP contribution in [-0.4, -0.2) is 11.7 Å². The molecular formula is C13H16O. The maximum atomic E-state index is 8.57. The van der Waals surface area contributed by atoms with Crippen molar-refractivity contribution in [1.29, 1.82) is 0 Å². The monoisotopic (exact) mass is 188 g/mol. The van der Waals surface area contributed by atoms with Crippen molar-refractivity contribution in [1.82, 2.24) is 0 Å². The van der Waals surface area contributed by atoms with Crippen LogP contribution in [0, 0.1) is 18.8 Å². The molecule has 1 aromatic carbocycles. The summed E-state index contributed by atoms with van der Waals surface area (Å²) in [6.45, 7) is 2.34. The van der Waals surface area contributed by atoms with E-state index in [9.17, 15) is 0 Å². The highest BCUT2D eigenvalue weighted by Crippen LogP contribution is 2.02. The average Bonchev–Trinajstić information content (AvgIpc) is 2.18. The third-order valence-electron chi connectivity index (χ3n) is 1.96. The Morgan fingerprint density at radius 3 is 2.86 bits per heavy atom. The van der Waals surface area contributed by atoms with E-state index in [4.69, 9.17) is 5.11 Å². The van der Waals surface area contributed by atoms with Gasteiger partial charge >= 0.3 is 0 Å². The first-order chi connectivity index (χ1) is 6.83. The Kier molecular flexibility index (Phi) is 4.82. The van der Waals surface area contributed by atoms with Crippen LogP contribution in [0.1, 0.15) is 30.4 Å². The van der Waals surface area contributed by atoms with E-state index in [1.54, 1.807) is 0 Å². The summed E-state index contributed by atoms with van der Waals surface area (Å²) in [6, 6.07) is 8.19. The van der Waals surface area contributed by atoms with Gasteiger partial charge in [-0.15, -0.1) is 0 Å². The summed E-state index contributed by atoms with van der Waals surface area (Å²) in [5.41, 5.74) is 2.32. The summed E-state index contributed by atoms with van der Waals surface area (Å²) in [7, 11) is 0. The Morgan fingerprint density at radius 1 is 1.29 bits per heavy atom. The molecule has 0 radical (unpaired) electrons. The van der Waals surface area contributed by atoms with Gasteiger partial charge in [-0.1, -0.05) is 24.0 Å². The van der Waals surface area contributed by atoms with E-state index in [1.165, 1.54) is 5.56 Å². The van der Waals surface area contributed by atoms with Crippen LogP contribution in [-0.2, 0) is 0 Å². The maximum Gasteiger partial charge on any atom is 0.0431 e. The number of aliphatic hydroxyl groups is 1. The van der Waals surface area contributed by atoms with Gasteiger partial charge in [-0.05, 0) is 37.5 Å². The molecule has 1 nitrogen and oxygen atoms in total. The van der Waals surface area contributed by atoms with Crippen LogP contribution in [0.3, 0.4) is 0 Å². The molecule has 0 bridgehead atoms. The fourth-order valence-corrected chi connectivity index (χ4v) is 1.21. The summed E-state index contributed by atoms with van der Waals surface area (Å²) in [4.78, 5) is 0. The van der Waals surface area contributed by atoms with Crippen molar-refractivity contribution in [2.24, 2.45) is 0 Å². The Labute approximate surface area is 85.8 Å². The molecule has 0 saturated carbocycles. The number of aryl methyl sites for hydroxylation is 1. The molecule has 74 valence electrons. The zero-order chi connectivity index (χ0) is 10.2. The van der Waals surface area contributed by atoms with Gasteiger partial charge in [0.25, 0.3) is 0 Å². The third-order valence-corrected chi connectivity index (χ3v) is 1.96. The van der Waals surface area contributed by atoms with Crippen LogP contribution < -0.4 is 0 Å². The van der Waals surface area contributed by atoms with Crippen LogP contribution in [0.15, 0.2) is 24.3 Å². The molecule has 0 heterocycles. The molecule has 0 amide bonds. The smallest absolute Gasteiger partial charge is 0.0431 e. The Bertz CT molecular complexity index is 331. The van der Waals surface area contributed by atoms with Crippen molar-refractivity contribution in [3.05, 3.63) is 35.4 Å². The molecular weight excluding hydrogens is 172 g/mol. The summed E-state index contributed by atoms with van der Waals surface area (Å²) < 4.78 is 0. The molecule has 0 aromatic heterocycles. The second kappa shape index (κ2) is 6.23. The number of hydrogen-bond donors (Lipinski definition) is 1. The van der Waals surface area contributed by atoms with E-state index >= 15 is 0 Å². The summed E-state index contributed by atoms with van der Waals surface area (Å²) in [5, 5.41) is 8.57. The molecule has 0 atom stereocenters. The van der Waals surface area contributed by atoms with Gasteiger partial charge in [0, 0.05) is 18.6 Å². The topological polar surface area (TPSA) is 20.2 Å². The quantitative estimate of drug-likeness (QED) is 0.571. The summed E-state index contributed by atoms with van der Waals surface area (Å²) >= 11 is 0. The van der Waals surface area contributed by atoms with E-state index in [0.717, 1.165) is 24.8 Å². The van der Waals surface area contributed by atoms with Gasteiger partial charge in [0.2, 0.25) is 0 Å². The summed E-state index contributed by atoms with van der Waals surface area (Å²) in [6.07, 6.45) is 2.70. The minimum Gasteiger partial charge on any atom is -0.396 e. The standard InChI is InChI=1S/C13H16O/c1-12-7-6-9-13(11-12)8-4-2-3-5-10-14/h6-7,9,11,14H,2-3,5,10H2,1H3. The van der Waals surface area contributed by atoms with E-state index < -0.39 is 0 Å². The number of benzene rings is 1. The predicted octanol–water partition coefficient (Wildman–Crippen LogP) is 2.51. The van der Waals surface area contributed by atoms with Gasteiger partial charge in [-0.3, -0.25) is 0 Å². The highest BCUT2D eigenvalue weighted by molar-refractivity contribution is 5.36. The highest BCUT2D eigenvalue weighted by atomic mass is 16.2. The van der Waals surface area contributed by atoms with Crippen molar-refractivity contribution < 1.29 is 5.11 Å². The normalized spacial score (nSPS) is 9.29. The van der Waals surface area contributed by atoms with Crippen LogP contribution >= 0.6 is 0 Å². The second-order valence-corrected chi connectivity index (χ2v) is 3.35. The van der Waals surface area contributed by atoms with Crippen molar-refractivity contribution in [3.8, 4) is 11.8 Å². The first kappa shape index (κ1) is 10.8. The van der Waals surface area contributed by atoms with Gasteiger partial charge in [0.05, 0.1) is 0 Å². The molecule has 1 heteroatoms. The van der Waals surface area contributed by atoms with Gasteiger partial charge in [-0.2, -0.15) is 0 Å². The highest BCUT2D eigenvalue weighted by Gasteiger charge is 1.86. The molecule has 0 unspecified atom stereocenters. The molecule has 0 aliphatic rings. The minimum atomic E-state index is 0.270. The summed E-state index contributed by atoms with van der Waals surface area (Å²) in [5.74, 6) is 6.22. The zero-order valence-electron chi connectivity index (χ0n) is 8.59. The molecule has 0 aliphatic heterocycles. The second-order valence-electron chi connectivity index (χ2n) is 3.35. The molecule has 0 aliphatic carbocycles. The number of hydrogen-bond acceptors (Lipinski definition) is 1. The van der Waals surface area contributed by atoms with Crippen LogP contribution in [0.25, 0.3) is 0 Å². The van der Waals surface area contributed by atoms with Crippen LogP contribution in [0.4, 0.5) is 0 Å². The van der Waals surface area contributed by atoms with Gasteiger partial charge in [0.15, 0.2) is 0 Å². The number of rotatable bonds is 3. The van der Waals surface area contributed by atoms with Crippen molar-refractivity contribution in [3.63, 3.8) is 0 Å². The van der Waals surface area contributed by atoms with Gasteiger partial charge in [0.1, 0.15) is 0 Å². The van der Waals surface area contributed by atoms with Crippen LogP contribution in [0.5, 0.6) is 0 Å².